The maximum absolute atomic E-state index is 12.0. The number of ketones is 1. The van der Waals surface area contributed by atoms with E-state index in [1.165, 1.54) is 22.5 Å². The van der Waals surface area contributed by atoms with Crippen molar-refractivity contribution < 1.29 is 14.4 Å². The van der Waals surface area contributed by atoms with Crippen molar-refractivity contribution in [2.75, 3.05) is 32.8 Å². The Morgan fingerprint density at radius 3 is 2.63 bits per heavy atom. The van der Waals surface area contributed by atoms with E-state index in [-0.39, 0.29) is 5.78 Å². The van der Waals surface area contributed by atoms with Crippen LogP contribution in [-0.4, -0.2) is 43.2 Å². The topological polar surface area (TPSA) is 48.0 Å². The van der Waals surface area contributed by atoms with Crippen LogP contribution in [0.15, 0.2) is 23.2 Å². The van der Waals surface area contributed by atoms with Gasteiger partial charge in [0.25, 0.3) is 0 Å². The number of benzene rings is 1. The first-order valence-corrected chi connectivity index (χ1v) is 10.5. The number of nitrogens with one attached hydrogen (secondary N) is 1. The minimum atomic E-state index is 0.117. The number of thiazole rings is 1. The molecule has 1 aromatic carbocycles. The number of aryl methyl sites for hydroxylation is 2. The lowest BCUT2D eigenvalue weighted by Crippen LogP contribution is -3.14. The van der Waals surface area contributed by atoms with Crippen molar-refractivity contribution in [1.29, 1.82) is 0 Å². The lowest BCUT2D eigenvalue weighted by molar-refractivity contribution is -0.908. The van der Waals surface area contributed by atoms with Crippen LogP contribution in [-0.2, 0) is 11.3 Å². The molecule has 1 aliphatic rings. The number of ether oxygens (including phenoxy) is 1. The largest absolute Gasteiger partial charge is 0.370 e. The standard InChI is InChI=1S/C21H29N3O2S/c1-15-6-7-19(14-16(15)2)22-21-24(17(3)20(27-21)18(4)25)9-5-8-23-10-12-26-13-11-23/h6-7,14H,5,8-13H2,1-4H3/p+1. The van der Waals surface area contributed by atoms with Gasteiger partial charge in [0, 0.05) is 25.6 Å². The quantitative estimate of drug-likeness (QED) is 0.772. The van der Waals surface area contributed by atoms with Gasteiger partial charge in [-0.05, 0) is 44.0 Å². The van der Waals surface area contributed by atoms with Gasteiger partial charge in [0.05, 0.1) is 30.3 Å². The fourth-order valence-electron chi connectivity index (χ4n) is 3.46. The number of hydrogen-bond donors (Lipinski definition) is 1. The molecular weight excluding hydrogens is 358 g/mol. The van der Waals surface area contributed by atoms with Gasteiger partial charge >= 0.3 is 0 Å². The molecule has 3 rings (SSSR count). The molecule has 2 aromatic rings. The Labute approximate surface area is 165 Å². The van der Waals surface area contributed by atoms with Gasteiger partial charge in [0.2, 0.25) is 0 Å². The molecule has 1 N–H and O–H groups in total. The zero-order valence-electron chi connectivity index (χ0n) is 16.8. The highest BCUT2D eigenvalue weighted by molar-refractivity contribution is 7.11. The van der Waals surface area contributed by atoms with Crippen LogP contribution in [0.5, 0.6) is 0 Å². The van der Waals surface area contributed by atoms with E-state index in [4.69, 9.17) is 9.73 Å². The number of nitrogens with zero attached hydrogens (tertiary/aromatic N) is 2. The number of quaternary nitrogens is 1. The number of rotatable bonds is 6. The van der Waals surface area contributed by atoms with E-state index in [2.05, 4.69) is 30.5 Å². The second kappa shape index (κ2) is 8.95. The molecule has 0 atom stereocenters. The van der Waals surface area contributed by atoms with E-state index >= 15 is 0 Å². The number of Topliss-reactive ketones (excluding diaryl/α,β-unsaturated/α-hetero) is 1. The van der Waals surface area contributed by atoms with Gasteiger partial charge in [-0.15, -0.1) is 0 Å². The van der Waals surface area contributed by atoms with Crippen LogP contribution in [0.1, 0.15) is 39.8 Å². The predicted molar refractivity (Wildman–Crippen MR) is 109 cm³/mol. The molecule has 146 valence electrons. The van der Waals surface area contributed by atoms with Gasteiger partial charge in [-0.2, -0.15) is 0 Å². The molecule has 5 nitrogen and oxygen atoms in total. The Hall–Kier alpha value is -1.76. The third kappa shape index (κ3) is 4.94. The molecule has 27 heavy (non-hydrogen) atoms. The monoisotopic (exact) mass is 388 g/mol. The second-order valence-corrected chi connectivity index (χ2v) is 8.33. The molecule has 1 aliphatic heterocycles. The Bertz CT molecular complexity index is 876. The molecule has 0 unspecified atom stereocenters. The van der Waals surface area contributed by atoms with Crippen LogP contribution >= 0.6 is 11.3 Å². The summed E-state index contributed by atoms with van der Waals surface area (Å²) >= 11 is 1.51. The SMILES string of the molecule is CC(=O)c1sc(=Nc2ccc(C)c(C)c2)n(CCC[NH+]2CCOCC2)c1C. The minimum Gasteiger partial charge on any atom is -0.370 e. The van der Waals surface area contributed by atoms with Crippen molar-refractivity contribution in [1.82, 2.24) is 4.57 Å². The van der Waals surface area contributed by atoms with Gasteiger partial charge in [0.15, 0.2) is 10.6 Å². The number of carbonyl (C=O) groups excluding carboxylic acids is 1. The molecule has 2 heterocycles. The van der Waals surface area contributed by atoms with Crippen LogP contribution in [0.2, 0.25) is 0 Å². The number of hydrogen-bond acceptors (Lipinski definition) is 4. The van der Waals surface area contributed by atoms with E-state index < -0.39 is 0 Å². The summed E-state index contributed by atoms with van der Waals surface area (Å²) in [6, 6.07) is 6.26. The van der Waals surface area contributed by atoms with Gasteiger partial charge in [-0.3, -0.25) is 4.79 Å². The lowest BCUT2D eigenvalue weighted by Gasteiger charge is -2.23. The smallest absolute Gasteiger partial charge is 0.190 e. The van der Waals surface area contributed by atoms with Crippen LogP contribution < -0.4 is 9.70 Å². The normalized spacial score (nSPS) is 16.1. The molecule has 0 spiro atoms. The molecule has 0 radical (unpaired) electrons. The lowest BCUT2D eigenvalue weighted by atomic mass is 10.1. The fraction of sp³-hybridized carbons (Fsp3) is 0.524. The molecule has 0 bridgehead atoms. The van der Waals surface area contributed by atoms with E-state index in [0.717, 1.165) is 66.9 Å². The Morgan fingerprint density at radius 1 is 1.22 bits per heavy atom. The minimum absolute atomic E-state index is 0.117. The van der Waals surface area contributed by atoms with Crippen LogP contribution in [0.25, 0.3) is 0 Å². The molecular formula is C21H30N3O2S+. The molecule has 1 fully saturated rings. The predicted octanol–water partition coefficient (Wildman–Crippen LogP) is 2.22. The third-order valence-corrected chi connectivity index (χ3v) is 6.59. The molecule has 0 saturated carbocycles. The highest BCUT2D eigenvalue weighted by Gasteiger charge is 2.16. The summed E-state index contributed by atoms with van der Waals surface area (Å²) in [5, 5.41) is 0. The summed E-state index contributed by atoms with van der Waals surface area (Å²) in [6.07, 6.45) is 1.07. The first-order chi connectivity index (χ1) is 13.0. The van der Waals surface area contributed by atoms with Crippen molar-refractivity contribution in [3.8, 4) is 0 Å². The average Bonchev–Trinajstić information content (AvgIpc) is 2.95. The maximum Gasteiger partial charge on any atom is 0.190 e. The summed E-state index contributed by atoms with van der Waals surface area (Å²) < 4.78 is 7.66. The van der Waals surface area contributed by atoms with Gasteiger partial charge in [-0.25, -0.2) is 4.99 Å². The molecule has 0 amide bonds. The van der Waals surface area contributed by atoms with Gasteiger partial charge in [-0.1, -0.05) is 17.4 Å². The number of aromatic nitrogens is 1. The highest BCUT2D eigenvalue weighted by atomic mass is 32.1. The van der Waals surface area contributed by atoms with Crippen molar-refractivity contribution in [3.05, 3.63) is 44.7 Å². The zero-order valence-corrected chi connectivity index (χ0v) is 17.6. The highest BCUT2D eigenvalue weighted by Crippen LogP contribution is 2.18. The molecule has 1 saturated heterocycles. The van der Waals surface area contributed by atoms with Crippen molar-refractivity contribution in [2.45, 2.75) is 40.7 Å². The summed E-state index contributed by atoms with van der Waals surface area (Å²) in [7, 11) is 0. The molecule has 6 heteroatoms. The van der Waals surface area contributed by atoms with Gasteiger partial charge in [0.1, 0.15) is 13.1 Å². The fourth-order valence-corrected chi connectivity index (χ4v) is 4.54. The zero-order chi connectivity index (χ0) is 19.4. The van der Waals surface area contributed by atoms with Crippen molar-refractivity contribution in [3.63, 3.8) is 0 Å². The first-order valence-electron chi connectivity index (χ1n) is 9.70. The van der Waals surface area contributed by atoms with E-state index in [0.29, 0.717) is 0 Å². The van der Waals surface area contributed by atoms with Crippen LogP contribution in [0, 0.1) is 20.8 Å². The summed E-state index contributed by atoms with van der Waals surface area (Å²) in [5.74, 6) is 0.117. The van der Waals surface area contributed by atoms with E-state index in [1.807, 2.05) is 13.0 Å². The average molecular weight is 389 g/mol. The summed E-state index contributed by atoms with van der Waals surface area (Å²) in [6.45, 7) is 13.8. The summed E-state index contributed by atoms with van der Waals surface area (Å²) in [4.78, 5) is 20.3. The molecule has 0 aliphatic carbocycles. The summed E-state index contributed by atoms with van der Waals surface area (Å²) in [5.41, 5.74) is 4.48. The first kappa shape index (κ1) is 20.0. The van der Waals surface area contributed by atoms with E-state index in [1.54, 1.807) is 11.8 Å². The van der Waals surface area contributed by atoms with E-state index in [9.17, 15) is 4.79 Å². The number of carbonyl (C=O) groups is 1. The number of morpholine rings is 1. The Kier molecular flexibility index (Phi) is 6.63. The molecule has 1 aromatic heterocycles. The van der Waals surface area contributed by atoms with Crippen LogP contribution in [0.3, 0.4) is 0 Å². The second-order valence-electron chi connectivity index (χ2n) is 7.35. The maximum atomic E-state index is 12.0. The van der Waals surface area contributed by atoms with Crippen LogP contribution in [0.4, 0.5) is 5.69 Å². The Balaban J connectivity index is 1.85. The van der Waals surface area contributed by atoms with Crippen molar-refractivity contribution >= 4 is 22.8 Å². The van der Waals surface area contributed by atoms with Crippen molar-refractivity contribution in [2.24, 2.45) is 4.99 Å². The van der Waals surface area contributed by atoms with Gasteiger partial charge < -0.3 is 14.2 Å². The Morgan fingerprint density at radius 2 is 1.96 bits per heavy atom. The third-order valence-electron chi connectivity index (χ3n) is 5.30.